The van der Waals surface area contributed by atoms with Crippen molar-refractivity contribution in [3.63, 3.8) is 0 Å². The van der Waals surface area contributed by atoms with E-state index >= 15 is 0 Å². The molecule has 17 heavy (non-hydrogen) atoms. The predicted octanol–water partition coefficient (Wildman–Crippen LogP) is 4.49. The molecule has 0 radical (unpaired) electrons. The molecular weight excluding hydrogens is 212 g/mol. The van der Waals surface area contributed by atoms with Gasteiger partial charge in [-0.2, -0.15) is 0 Å². The molecule has 0 spiro atoms. The summed E-state index contributed by atoms with van der Waals surface area (Å²) in [6.07, 6.45) is 12.6. The van der Waals surface area contributed by atoms with Crippen molar-refractivity contribution >= 4 is 5.97 Å². The van der Waals surface area contributed by atoms with E-state index in [-0.39, 0.29) is 6.42 Å². The minimum absolute atomic E-state index is 0.135. The number of allylic oxidation sites excluding steroid dienone is 5. The SMILES string of the molecule is CC=CCCC(C)=CCCC(C)=CCC(=O)O. The summed E-state index contributed by atoms with van der Waals surface area (Å²) < 4.78 is 0. The summed E-state index contributed by atoms with van der Waals surface area (Å²) in [5.74, 6) is -0.762. The number of aliphatic carboxylic acids is 1. The summed E-state index contributed by atoms with van der Waals surface area (Å²) in [5, 5.41) is 8.53. The first-order valence-electron chi connectivity index (χ1n) is 6.20. The molecule has 1 N–H and O–H groups in total. The molecule has 0 aliphatic carbocycles. The summed E-state index contributed by atoms with van der Waals surface area (Å²) in [6.45, 7) is 6.18. The molecule has 0 aliphatic heterocycles. The molecule has 0 saturated heterocycles. The van der Waals surface area contributed by atoms with Gasteiger partial charge in [-0.15, -0.1) is 0 Å². The minimum Gasteiger partial charge on any atom is -0.481 e. The monoisotopic (exact) mass is 236 g/mol. The minimum atomic E-state index is -0.762. The highest BCUT2D eigenvalue weighted by Crippen LogP contribution is 2.10. The van der Waals surface area contributed by atoms with Crippen molar-refractivity contribution in [2.24, 2.45) is 0 Å². The van der Waals surface area contributed by atoms with Crippen LogP contribution in [-0.2, 0) is 4.79 Å². The third kappa shape index (κ3) is 11.0. The van der Waals surface area contributed by atoms with E-state index in [1.165, 1.54) is 5.57 Å². The standard InChI is InChI=1S/C15H24O2/c1-4-5-6-8-13(2)9-7-10-14(3)11-12-15(16)17/h4-5,9,11H,6-8,10,12H2,1-3H3,(H,16,17). The fourth-order valence-electron chi connectivity index (χ4n) is 1.49. The van der Waals surface area contributed by atoms with Crippen LogP contribution >= 0.6 is 0 Å². The lowest BCUT2D eigenvalue weighted by molar-refractivity contribution is -0.136. The van der Waals surface area contributed by atoms with Crippen LogP contribution in [0.5, 0.6) is 0 Å². The highest BCUT2D eigenvalue weighted by atomic mass is 16.4. The number of rotatable bonds is 8. The number of carbonyl (C=O) groups is 1. The molecule has 0 aliphatic rings. The van der Waals surface area contributed by atoms with Gasteiger partial charge in [-0.3, -0.25) is 4.79 Å². The molecule has 0 bridgehead atoms. The van der Waals surface area contributed by atoms with Gasteiger partial charge in [0, 0.05) is 0 Å². The summed E-state index contributed by atoms with van der Waals surface area (Å²) in [7, 11) is 0. The van der Waals surface area contributed by atoms with E-state index in [1.807, 2.05) is 13.8 Å². The first-order valence-corrected chi connectivity index (χ1v) is 6.20. The fourth-order valence-corrected chi connectivity index (χ4v) is 1.49. The van der Waals surface area contributed by atoms with Gasteiger partial charge in [-0.25, -0.2) is 0 Å². The first-order chi connectivity index (χ1) is 8.06. The van der Waals surface area contributed by atoms with Crippen LogP contribution in [0, 0.1) is 0 Å². The van der Waals surface area contributed by atoms with Gasteiger partial charge in [-0.1, -0.05) is 35.5 Å². The number of carboxylic acids is 1. The van der Waals surface area contributed by atoms with Gasteiger partial charge >= 0.3 is 5.97 Å². The van der Waals surface area contributed by atoms with Gasteiger partial charge in [0.25, 0.3) is 0 Å². The molecule has 0 amide bonds. The maximum Gasteiger partial charge on any atom is 0.307 e. The van der Waals surface area contributed by atoms with E-state index in [0.29, 0.717) is 0 Å². The molecule has 0 aromatic rings. The van der Waals surface area contributed by atoms with Crippen LogP contribution in [0.1, 0.15) is 52.9 Å². The van der Waals surface area contributed by atoms with Gasteiger partial charge in [0.1, 0.15) is 0 Å². The third-order valence-electron chi connectivity index (χ3n) is 2.60. The highest BCUT2D eigenvalue weighted by Gasteiger charge is 1.94. The smallest absolute Gasteiger partial charge is 0.307 e. The maximum absolute atomic E-state index is 10.4. The maximum atomic E-state index is 10.4. The lowest BCUT2D eigenvalue weighted by Gasteiger charge is -2.00. The van der Waals surface area contributed by atoms with E-state index in [4.69, 9.17) is 5.11 Å². The van der Waals surface area contributed by atoms with Crippen LogP contribution in [0.15, 0.2) is 35.5 Å². The van der Waals surface area contributed by atoms with E-state index < -0.39 is 5.97 Å². The molecule has 0 unspecified atom stereocenters. The van der Waals surface area contributed by atoms with Crippen LogP contribution in [0.25, 0.3) is 0 Å². The third-order valence-corrected chi connectivity index (χ3v) is 2.60. The largest absolute Gasteiger partial charge is 0.481 e. The first kappa shape index (κ1) is 15.7. The van der Waals surface area contributed by atoms with E-state index in [1.54, 1.807) is 6.08 Å². The zero-order chi connectivity index (χ0) is 13.1. The van der Waals surface area contributed by atoms with Gasteiger partial charge < -0.3 is 5.11 Å². The Morgan fingerprint density at radius 3 is 2.24 bits per heavy atom. The van der Waals surface area contributed by atoms with Gasteiger partial charge in [0.05, 0.1) is 6.42 Å². The normalized spacial score (nSPS) is 13.4. The average Bonchev–Trinajstić information content (AvgIpc) is 2.27. The Labute approximate surface area is 105 Å². The Morgan fingerprint density at radius 1 is 1.06 bits per heavy atom. The second-order valence-corrected chi connectivity index (χ2v) is 4.35. The van der Waals surface area contributed by atoms with Crippen molar-refractivity contribution in [2.45, 2.75) is 52.9 Å². The molecule has 0 aromatic heterocycles. The molecule has 2 nitrogen and oxygen atoms in total. The van der Waals surface area contributed by atoms with E-state index in [0.717, 1.165) is 31.3 Å². The Kier molecular flexibility index (Phi) is 9.12. The summed E-state index contributed by atoms with van der Waals surface area (Å²) in [4.78, 5) is 10.4. The molecule has 0 rings (SSSR count). The van der Waals surface area contributed by atoms with Crippen molar-refractivity contribution in [1.82, 2.24) is 0 Å². The van der Waals surface area contributed by atoms with E-state index in [9.17, 15) is 4.79 Å². The van der Waals surface area contributed by atoms with Gasteiger partial charge in [0.2, 0.25) is 0 Å². The summed E-state index contributed by atoms with van der Waals surface area (Å²) in [5.41, 5.74) is 2.57. The number of carboxylic acid groups (broad SMARTS) is 1. The Bertz CT molecular complexity index is 309. The molecule has 0 heterocycles. The quantitative estimate of drug-likeness (QED) is 0.630. The Balaban J connectivity index is 3.83. The predicted molar refractivity (Wildman–Crippen MR) is 73.0 cm³/mol. The molecule has 0 fully saturated rings. The van der Waals surface area contributed by atoms with Crippen LogP contribution in [0.2, 0.25) is 0 Å². The lowest BCUT2D eigenvalue weighted by atomic mass is 10.1. The molecule has 0 aromatic carbocycles. The molecule has 2 heteroatoms. The van der Waals surface area contributed by atoms with Crippen molar-refractivity contribution in [1.29, 1.82) is 0 Å². The number of hydrogen-bond donors (Lipinski definition) is 1. The Morgan fingerprint density at radius 2 is 1.65 bits per heavy atom. The zero-order valence-corrected chi connectivity index (χ0v) is 11.2. The van der Waals surface area contributed by atoms with E-state index in [2.05, 4.69) is 25.2 Å². The molecular formula is C15H24O2. The molecule has 96 valence electrons. The molecule has 0 saturated carbocycles. The summed E-state index contributed by atoms with van der Waals surface area (Å²) in [6, 6.07) is 0. The highest BCUT2D eigenvalue weighted by molar-refractivity contribution is 5.68. The van der Waals surface area contributed by atoms with Crippen molar-refractivity contribution in [3.05, 3.63) is 35.5 Å². The van der Waals surface area contributed by atoms with Crippen LogP contribution < -0.4 is 0 Å². The van der Waals surface area contributed by atoms with Gasteiger partial charge in [0.15, 0.2) is 0 Å². The fraction of sp³-hybridized carbons (Fsp3) is 0.533. The zero-order valence-electron chi connectivity index (χ0n) is 11.2. The van der Waals surface area contributed by atoms with Gasteiger partial charge in [-0.05, 0) is 46.5 Å². The van der Waals surface area contributed by atoms with Crippen LogP contribution in [-0.4, -0.2) is 11.1 Å². The van der Waals surface area contributed by atoms with Crippen molar-refractivity contribution < 1.29 is 9.90 Å². The Hall–Kier alpha value is -1.31. The topological polar surface area (TPSA) is 37.3 Å². The second kappa shape index (κ2) is 9.88. The average molecular weight is 236 g/mol. The van der Waals surface area contributed by atoms with Crippen molar-refractivity contribution in [3.8, 4) is 0 Å². The van der Waals surface area contributed by atoms with Crippen molar-refractivity contribution in [2.75, 3.05) is 0 Å². The lowest BCUT2D eigenvalue weighted by Crippen LogP contribution is -1.91. The number of hydrogen-bond acceptors (Lipinski definition) is 1. The second-order valence-electron chi connectivity index (χ2n) is 4.35. The van der Waals surface area contributed by atoms with Crippen LogP contribution in [0.3, 0.4) is 0 Å². The summed E-state index contributed by atoms with van der Waals surface area (Å²) >= 11 is 0. The molecule has 0 atom stereocenters. The van der Waals surface area contributed by atoms with Crippen LogP contribution in [0.4, 0.5) is 0 Å².